The van der Waals surface area contributed by atoms with E-state index < -0.39 is 0 Å². The van der Waals surface area contributed by atoms with E-state index in [0.29, 0.717) is 12.0 Å². The quantitative estimate of drug-likeness (QED) is 0.770. The molecule has 112 valence electrons. The Bertz CT molecular complexity index is 396. The van der Waals surface area contributed by atoms with Crippen LogP contribution in [0.15, 0.2) is 24.3 Å². The van der Waals surface area contributed by atoms with Crippen molar-refractivity contribution in [2.75, 3.05) is 6.54 Å². The first-order valence-electron chi connectivity index (χ1n) is 8.11. The van der Waals surface area contributed by atoms with Crippen LogP contribution in [0.1, 0.15) is 51.5 Å². The molecule has 2 rings (SSSR count). The highest BCUT2D eigenvalue weighted by Crippen LogP contribution is 2.31. The smallest absolute Gasteiger partial charge is 0.123 e. The van der Waals surface area contributed by atoms with Crippen LogP contribution in [-0.4, -0.2) is 12.6 Å². The molecule has 2 heteroatoms. The molecule has 1 atom stereocenters. The number of benzene rings is 1. The van der Waals surface area contributed by atoms with Crippen molar-refractivity contribution in [2.24, 2.45) is 11.8 Å². The van der Waals surface area contributed by atoms with Crippen molar-refractivity contribution in [3.05, 3.63) is 35.6 Å². The summed E-state index contributed by atoms with van der Waals surface area (Å²) >= 11 is 0. The molecule has 1 aromatic carbocycles. The monoisotopic (exact) mass is 277 g/mol. The van der Waals surface area contributed by atoms with Gasteiger partial charge in [0.25, 0.3) is 0 Å². The molecule has 0 spiro atoms. The fourth-order valence-corrected chi connectivity index (χ4v) is 3.36. The van der Waals surface area contributed by atoms with E-state index in [4.69, 9.17) is 0 Å². The maximum absolute atomic E-state index is 13.3. The molecule has 0 saturated heterocycles. The van der Waals surface area contributed by atoms with Crippen LogP contribution in [0.2, 0.25) is 0 Å². The highest BCUT2D eigenvalue weighted by Gasteiger charge is 2.20. The zero-order chi connectivity index (χ0) is 14.4. The van der Waals surface area contributed by atoms with Gasteiger partial charge in [-0.1, -0.05) is 51.7 Å². The first-order valence-corrected chi connectivity index (χ1v) is 8.11. The van der Waals surface area contributed by atoms with E-state index in [1.165, 1.54) is 38.2 Å². The third-order valence-electron chi connectivity index (χ3n) is 4.37. The normalized spacial score (nSPS) is 17.8. The standard InChI is InChI=1S/C18H28FN/c1-14(2)20-13-17(10-15-6-3-4-7-15)11-16-8-5-9-18(19)12-16/h5,8-9,12,14-15,17,20H,3-4,6-7,10-11,13H2,1-2H3. The van der Waals surface area contributed by atoms with Gasteiger partial charge >= 0.3 is 0 Å². The molecule has 0 amide bonds. The Morgan fingerprint density at radius 2 is 2.00 bits per heavy atom. The van der Waals surface area contributed by atoms with Gasteiger partial charge in [0, 0.05) is 6.04 Å². The lowest BCUT2D eigenvalue weighted by atomic mass is 9.88. The molecular formula is C18H28FN. The first kappa shape index (κ1) is 15.5. The van der Waals surface area contributed by atoms with Crippen LogP contribution < -0.4 is 5.32 Å². The second kappa shape index (κ2) is 7.78. The van der Waals surface area contributed by atoms with Crippen LogP contribution in [0.25, 0.3) is 0 Å². The first-order chi connectivity index (χ1) is 9.63. The molecule has 0 heterocycles. The number of nitrogens with one attached hydrogen (secondary N) is 1. The van der Waals surface area contributed by atoms with Crippen LogP contribution in [0.4, 0.5) is 4.39 Å². The van der Waals surface area contributed by atoms with Gasteiger partial charge in [-0.05, 0) is 48.9 Å². The molecule has 1 saturated carbocycles. The van der Waals surface area contributed by atoms with Gasteiger partial charge in [-0.2, -0.15) is 0 Å². The van der Waals surface area contributed by atoms with Crippen molar-refractivity contribution in [2.45, 2.75) is 58.4 Å². The summed E-state index contributed by atoms with van der Waals surface area (Å²) in [5.74, 6) is 1.41. The third-order valence-corrected chi connectivity index (χ3v) is 4.37. The zero-order valence-corrected chi connectivity index (χ0v) is 12.9. The molecule has 0 radical (unpaired) electrons. The van der Waals surface area contributed by atoms with Crippen molar-refractivity contribution in [1.82, 2.24) is 5.32 Å². The SMILES string of the molecule is CC(C)NCC(Cc1cccc(F)c1)CC1CCCC1. The van der Waals surface area contributed by atoms with E-state index >= 15 is 0 Å². The summed E-state index contributed by atoms with van der Waals surface area (Å²) in [4.78, 5) is 0. The lowest BCUT2D eigenvalue weighted by Crippen LogP contribution is -2.30. The summed E-state index contributed by atoms with van der Waals surface area (Å²) in [5.41, 5.74) is 1.14. The molecule has 0 aliphatic heterocycles. The lowest BCUT2D eigenvalue weighted by molar-refractivity contribution is 0.348. The van der Waals surface area contributed by atoms with Crippen LogP contribution in [0, 0.1) is 17.7 Å². The van der Waals surface area contributed by atoms with E-state index in [0.717, 1.165) is 24.4 Å². The van der Waals surface area contributed by atoms with Crippen LogP contribution in [0.3, 0.4) is 0 Å². The van der Waals surface area contributed by atoms with E-state index in [1.54, 1.807) is 6.07 Å². The Kier molecular flexibility index (Phi) is 6.03. The average molecular weight is 277 g/mol. The second-order valence-electron chi connectivity index (χ2n) is 6.65. The number of halogens is 1. The Hall–Kier alpha value is -0.890. The van der Waals surface area contributed by atoms with Gasteiger partial charge in [0.05, 0.1) is 0 Å². The molecule has 1 aliphatic carbocycles. The molecule has 1 N–H and O–H groups in total. The number of hydrogen-bond donors (Lipinski definition) is 1. The van der Waals surface area contributed by atoms with Gasteiger partial charge in [0.1, 0.15) is 5.82 Å². The van der Waals surface area contributed by atoms with Gasteiger partial charge in [-0.15, -0.1) is 0 Å². The minimum Gasteiger partial charge on any atom is -0.314 e. The molecule has 1 aromatic rings. The van der Waals surface area contributed by atoms with E-state index in [1.807, 2.05) is 6.07 Å². The van der Waals surface area contributed by atoms with Crippen molar-refractivity contribution in [3.63, 3.8) is 0 Å². The van der Waals surface area contributed by atoms with E-state index in [2.05, 4.69) is 25.2 Å². The van der Waals surface area contributed by atoms with Crippen molar-refractivity contribution in [3.8, 4) is 0 Å². The molecule has 0 bridgehead atoms. The molecule has 1 fully saturated rings. The van der Waals surface area contributed by atoms with Gasteiger partial charge in [0.2, 0.25) is 0 Å². The zero-order valence-electron chi connectivity index (χ0n) is 12.9. The predicted molar refractivity (Wildman–Crippen MR) is 83.3 cm³/mol. The Balaban J connectivity index is 1.93. The topological polar surface area (TPSA) is 12.0 Å². The minimum atomic E-state index is -0.112. The Morgan fingerprint density at radius 1 is 1.25 bits per heavy atom. The summed E-state index contributed by atoms with van der Waals surface area (Å²) in [6, 6.07) is 7.63. The van der Waals surface area contributed by atoms with Crippen molar-refractivity contribution >= 4 is 0 Å². The van der Waals surface area contributed by atoms with E-state index in [-0.39, 0.29) is 5.82 Å². The molecule has 1 aliphatic rings. The van der Waals surface area contributed by atoms with Gasteiger partial charge < -0.3 is 5.32 Å². The molecule has 20 heavy (non-hydrogen) atoms. The van der Waals surface area contributed by atoms with Crippen LogP contribution in [-0.2, 0) is 6.42 Å². The molecule has 1 nitrogen and oxygen atoms in total. The lowest BCUT2D eigenvalue weighted by Gasteiger charge is -2.22. The van der Waals surface area contributed by atoms with Crippen LogP contribution in [0.5, 0.6) is 0 Å². The fourth-order valence-electron chi connectivity index (χ4n) is 3.36. The summed E-state index contributed by atoms with van der Waals surface area (Å²) in [6.45, 7) is 5.42. The Labute approximate surface area is 123 Å². The van der Waals surface area contributed by atoms with Crippen molar-refractivity contribution < 1.29 is 4.39 Å². The Morgan fingerprint density at radius 3 is 2.65 bits per heavy atom. The van der Waals surface area contributed by atoms with Crippen molar-refractivity contribution in [1.29, 1.82) is 0 Å². The number of hydrogen-bond acceptors (Lipinski definition) is 1. The number of rotatable bonds is 7. The summed E-state index contributed by atoms with van der Waals surface area (Å²) < 4.78 is 13.3. The second-order valence-corrected chi connectivity index (χ2v) is 6.65. The average Bonchev–Trinajstić information content (AvgIpc) is 2.89. The van der Waals surface area contributed by atoms with Gasteiger partial charge in [-0.3, -0.25) is 0 Å². The fraction of sp³-hybridized carbons (Fsp3) is 0.667. The highest BCUT2D eigenvalue weighted by molar-refractivity contribution is 5.17. The summed E-state index contributed by atoms with van der Waals surface area (Å²) in [5, 5.41) is 3.56. The maximum atomic E-state index is 13.3. The van der Waals surface area contributed by atoms with Gasteiger partial charge in [-0.25, -0.2) is 4.39 Å². The highest BCUT2D eigenvalue weighted by atomic mass is 19.1. The summed E-state index contributed by atoms with van der Waals surface area (Å²) in [7, 11) is 0. The van der Waals surface area contributed by atoms with Gasteiger partial charge in [0.15, 0.2) is 0 Å². The molecular weight excluding hydrogens is 249 g/mol. The summed E-state index contributed by atoms with van der Waals surface area (Å²) in [6.07, 6.45) is 7.86. The minimum absolute atomic E-state index is 0.112. The third kappa shape index (κ3) is 5.24. The maximum Gasteiger partial charge on any atom is 0.123 e. The van der Waals surface area contributed by atoms with Crippen LogP contribution >= 0.6 is 0 Å². The predicted octanol–water partition coefficient (Wildman–Crippen LogP) is 4.56. The largest absolute Gasteiger partial charge is 0.314 e. The molecule has 1 unspecified atom stereocenters. The van der Waals surface area contributed by atoms with E-state index in [9.17, 15) is 4.39 Å². The molecule has 0 aromatic heterocycles.